The van der Waals surface area contributed by atoms with E-state index in [2.05, 4.69) is 11.8 Å². The summed E-state index contributed by atoms with van der Waals surface area (Å²) in [7, 11) is 1.61. The molecule has 15 heavy (non-hydrogen) atoms. The van der Waals surface area contributed by atoms with Crippen LogP contribution >= 0.6 is 0 Å². The lowest BCUT2D eigenvalue weighted by molar-refractivity contribution is -0.117. The molecule has 0 aliphatic heterocycles. The van der Waals surface area contributed by atoms with Gasteiger partial charge in [-0.25, -0.2) is 0 Å². The van der Waals surface area contributed by atoms with E-state index in [1.54, 1.807) is 7.11 Å². The monoisotopic (exact) mass is 203 g/mol. The van der Waals surface area contributed by atoms with Crippen molar-refractivity contribution in [1.82, 2.24) is 0 Å². The predicted octanol–water partition coefficient (Wildman–Crippen LogP) is 1.23. The van der Waals surface area contributed by atoms with Crippen LogP contribution in [0.3, 0.4) is 0 Å². The maximum Gasteiger partial charge on any atom is 0.229 e. The van der Waals surface area contributed by atoms with E-state index >= 15 is 0 Å². The molecular weight excluding hydrogens is 190 g/mol. The molecule has 0 bridgehead atoms. The first-order valence-electron chi connectivity index (χ1n) is 4.55. The van der Waals surface area contributed by atoms with Gasteiger partial charge in [-0.15, -0.1) is 0 Å². The SMILES string of the molecule is COc1cc(C#CCC(N)=O)ccc1C. The Bertz CT molecular complexity index is 427. The second-order valence-corrected chi connectivity index (χ2v) is 3.13. The van der Waals surface area contributed by atoms with E-state index in [4.69, 9.17) is 10.5 Å². The van der Waals surface area contributed by atoms with Crippen molar-refractivity contribution in [2.24, 2.45) is 5.73 Å². The minimum Gasteiger partial charge on any atom is -0.496 e. The molecule has 3 heteroatoms. The molecule has 0 saturated heterocycles. The predicted molar refractivity (Wildman–Crippen MR) is 58.4 cm³/mol. The zero-order valence-corrected chi connectivity index (χ0v) is 8.83. The van der Waals surface area contributed by atoms with E-state index in [1.807, 2.05) is 25.1 Å². The highest BCUT2D eigenvalue weighted by Crippen LogP contribution is 2.18. The van der Waals surface area contributed by atoms with Gasteiger partial charge < -0.3 is 10.5 Å². The highest BCUT2D eigenvalue weighted by atomic mass is 16.5. The Kier molecular flexibility index (Phi) is 3.75. The molecule has 0 heterocycles. The second-order valence-electron chi connectivity index (χ2n) is 3.13. The first-order valence-corrected chi connectivity index (χ1v) is 4.55. The largest absolute Gasteiger partial charge is 0.496 e. The summed E-state index contributed by atoms with van der Waals surface area (Å²) in [5.41, 5.74) is 6.84. The van der Waals surface area contributed by atoms with Crippen molar-refractivity contribution in [2.75, 3.05) is 7.11 Å². The van der Waals surface area contributed by atoms with E-state index in [0.717, 1.165) is 16.9 Å². The van der Waals surface area contributed by atoms with Crippen molar-refractivity contribution in [2.45, 2.75) is 13.3 Å². The van der Waals surface area contributed by atoms with E-state index in [0.29, 0.717) is 0 Å². The second kappa shape index (κ2) is 5.06. The molecule has 1 aromatic carbocycles. The first-order chi connectivity index (χ1) is 7.13. The number of nitrogens with two attached hydrogens (primary N) is 1. The summed E-state index contributed by atoms with van der Waals surface area (Å²) in [6.45, 7) is 1.96. The number of benzene rings is 1. The van der Waals surface area contributed by atoms with E-state index in [1.165, 1.54) is 0 Å². The number of carbonyl (C=O) groups excluding carboxylic acids is 1. The normalized spacial score (nSPS) is 8.93. The fourth-order valence-corrected chi connectivity index (χ4v) is 1.13. The number of primary amides is 1. The molecule has 78 valence electrons. The fourth-order valence-electron chi connectivity index (χ4n) is 1.13. The molecule has 3 nitrogen and oxygen atoms in total. The van der Waals surface area contributed by atoms with Crippen molar-refractivity contribution in [3.8, 4) is 17.6 Å². The third kappa shape index (κ3) is 3.35. The summed E-state index contributed by atoms with van der Waals surface area (Å²) < 4.78 is 5.15. The number of ether oxygens (including phenoxy) is 1. The lowest BCUT2D eigenvalue weighted by atomic mass is 10.1. The summed E-state index contributed by atoms with van der Waals surface area (Å²) in [5, 5.41) is 0. The molecule has 0 fully saturated rings. The van der Waals surface area contributed by atoms with Crippen molar-refractivity contribution >= 4 is 5.91 Å². The number of rotatable bonds is 2. The molecule has 0 aliphatic rings. The van der Waals surface area contributed by atoms with Gasteiger partial charge in [-0.3, -0.25) is 4.79 Å². The van der Waals surface area contributed by atoms with Crippen LogP contribution < -0.4 is 10.5 Å². The summed E-state index contributed by atoms with van der Waals surface area (Å²) >= 11 is 0. The molecule has 0 aromatic heterocycles. The maximum atomic E-state index is 10.5. The van der Waals surface area contributed by atoms with Gasteiger partial charge in [-0.05, 0) is 24.6 Å². The van der Waals surface area contributed by atoms with Crippen LogP contribution in [0.15, 0.2) is 18.2 Å². The zero-order valence-electron chi connectivity index (χ0n) is 8.83. The highest BCUT2D eigenvalue weighted by Gasteiger charge is 1.97. The van der Waals surface area contributed by atoms with Crippen LogP contribution in [0.2, 0.25) is 0 Å². The third-order valence-corrected chi connectivity index (χ3v) is 1.90. The fraction of sp³-hybridized carbons (Fsp3) is 0.250. The number of amides is 1. The van der Waals surface area contributed by atoms with Crippen molar-refractivity contribution in [3.63, 3.8) is 0 Å². The summed E-state index contributed by atoms with van der Waals surface area (Å²) in [6, 6.07) is 5.64. The smallest absolute Gasteiger partial charge is 0.229 e. The molecule has 1 rings (SSSR count). The van der Waals surface area contributed by atoms with E-state index in [9.17, 15) is 4.79 Å². The van der Waals surface area contributed by atoms with Crippen molar-refractivity contribution in [3.05, 3.63) is 29.3 Å². The molecule has 0 unspecified atom stereocenters. The van der Waals surface area contributed by atoms with Crippen LogP contribution in [-0.4, -0.2) is 13.0 Å². The molecule has 0 spiro atoms. The van der Waals surface area contributed by atoms with Gasteiger partial charge in [0.1, 0.15) is 5.75 Å². The van der Waals surface area contributed by atoms with Crippen LogP contribution in [0.25, 0.3) is 0 Å². The van der Waals surface area contributed by atoms with Crippen LogP contribution in [0.1, 0.15) is 17.5 Å². The number of hydrogen-bond donors (Lipinski definition) is 1. The molecule has 0 atom stereocenters. The quantitative estimate of drug-likeness (QED) is 0.735. The standard InChI is InChI=1S/C12H13NO2/c1-9-6-7-10(8-11(9)15-2)4-3-5-12(13)14/h6-8H,5H2,1-2H3,(H2,13,14). The number of hydrogen-bond acceptors (Lipinski definition) is 2. The van der Waals surface area contributed by atoms with Crippen LogP contribution in [0.5, 0.6) is 5.75 Å². The first kappa shape index (κ1) is 11.1. The molecular formula is C12H13NO2. The summed E-state index contributed by atoms with van der Waals surface area (Å²) in [5.74, 6) is 5.92. The zero-order chi connectivity index (χ0) is 11.3. The average molecular weight is 203 g/mol. The Balaban J connectivity index is 2.85. The van der Waals surface area contributed by atoms with Gasteiger partial charge in [0.2, 0.25) is 5.91 Å². The van der Waals surface area contributed by atoms with Crippen LogP contribution in [-0.2, 0) is 4.79 Å². The Morgan fingerprint density at radius 2 is 2.27 bits per heavy atom. The third-order valence-electron chi connectivity index (χ3n) is 1.90. The number of methoxy groups -OCH3 is 1. The lowest BCUT2D eigenvalue weighted by Crippen LogP contribution is -2.08. The molecule has 1 amide bonds. The molecule has 0 aliphatic carbocycles. The van der Waals surface area contributed by atoms with E-state index in [-0.39, 0.29) is 6.42 Å². The Labute approximate surface area is 89.2 Å². The molecule has 1 aromatic rings. The Morgan fingerprint density at radius 3 is 2.87 bits per heavy atom. The molecule has 0 radical (unpaired) electrons. The average Bonchev–Trinajstić information content (AvgIpc) is 2.20. The Hall–Kier alpha value is -1.95. The molecule has 0 saturated carbocycles. The van der Waals surface area contributed by atoms with Gasteiger partial charge in [0.25, 0.3) is 0 Å². The number of aryl methyl sites for hydroxylation is 1. The maximum absolute atomic E-state index is 10.5. The van der Waals surface area contributed by atoms with Gasteiger partial charge in [-0.2, -0.15) is 0 Å². The van der Waals surface area contributed by atoms with Crippen LogP contribution in [0.4, 0.5) is 0 Å². The Morgan fingerprint density at radius 1 is 1.53 bits per heavy atom. The van der Waals surface area contributed by atoms with Gasteiger partial charge in [0.15, 0.2) is 0 Å². The van der Waals surface area contributed by atoms with Gasteiger partial charge in [0.05, 0.1) is 13.5 Å². The van der Waals surface area contributed by atoms with Gasteiger partial charge >= 0.3 is 0 Å². The van der Waals surface area contributed by atoms with Crippen molar-refractivity contribution < 1.29 is 9.53 Å². The minimum atomic E-state index is -0.415. The minimum absolute atomic E-state index is 0.0796. The molecule has 2 N–H and O–H groups in total. The van der Waals surface area contributed by atoms with Crippen LogP contribution in [0, 0.1) is 18.8 Å². The number of carbonyl (C=O) groups is 1. The summed E-state index contributed by atoms with van der Waals surface area (Å²) in [6.07, 6.45) is 0.0796. The topological polar surface area (TPSA) is 52.3 Å². The van der Waals surface area contributed by atoms with E-state index < -0.39 is 5.91 Å². The highest BCUT2D eigenvalue weighted by molar-refractivity contribution is 5.76. The van der Waals surface area contributed by atoms with Crippen molar-refractivity contribution in [1.29, 1.82) is 0 Å². The lowest BCUT2D eigenvalue weighted by Gasteiger charge is -2.03. The van der Waals surface area contributed by atoms with Gasteiger partial charge in [-0.1, -0.05) is 17.9 Å². The summed E-state index contributed by atoms with van der Waals surface area (Å²) in [4.78, 5) is 10.5. The van der Waals surface area contributed by atoms with Gasteiger partial charge in [0, 0.05) is 5.56 Å².